The van der Waals surface area contributed by atoms with E-state index in [1.807, 2.05) is 0 Å². The van der Waals surface area contributed by atoms with E-state index in [1.54, 1.807) is 0 Å². The highest BCUT2D eigenvalue weighted by Gasteiger charge is 2.13. The van der Waals surface area contributed by atoms with Crippen LogP contribution in [0.1, 0.15) is 118 Å². The lowest BCUT2D eigenvalue weighted by molar-refractivity contribution is 0.187. The van der Waals surface area contributed by atoms with E-state index in [9.17, 15) is 0 Å². The molecule has 0 aliphatic heterocycles. The van der Waals surface area contributed by atoms with E-state index in [0.29, 0.717) is 0 Å². The average Bonchev–Trinajstić information content (AvgIpc) is 2.56. The van der Waals surface area contributed by atoms with E-state index >= 15 is 0 Å². The first-order valence-electron chi connectivity index (χ1n) is 10.9. The van der Waals surface area contributed by atoms with Crippen molar-refractivity contribution in [3.63, 3.8) is 0 Å². The molecule has 24 heavy (non-hydrogen) atoms. The molecular weight excluding hydrogens is 314 g/mol. The van der Waals surface area contributed by atoms with Gasteiger partial charge in [-0.25, -0.2) is 0 Å². The summed E-state index contributed by atoms with van der Waals surface area (Å²) < 4.78 is 0. The van der Waals surface area contributed by atoms with E-state index in [0.717, 1.165) is 12.0 Å². The SMILES string of the molecule is CCCCCCN(CCCCCC)C(C)CCCCC(C)CC.Cl. The third-order valence-corrected chi connectivity index (χ3v) is 5.49. The van der Waals surface area contributed by atoms with Gasteiger partial charge >= 0.3 is 0 Å². The molecule has 0 aromatic heterocycles. The summed E-state index contributed by atoms with van der Waals surface area (Å²) in [5, 5.41) is 0. The van der Waals surface area contributed by atoms with Crippen LogP contribution in [-0.4, -0.2) is 24.0 Å². The molecule has 0 aliphatic carbocycles. The highest BCUT2D eigenvalue weighted by molar-refractivity contribution is 5.85. The molecule has 0 saturated heterocycles. The van der Waals surface area contributed by atoms with Crippen molar-refractivity contribution in [1.29, 1.82) is 0 Å². The van der Waals surface area contributed by atoms with Crippen molar-refractivity contribution >= 4 is 12.4 Å². The van der Waals surface area contributed by atoms with Crippen LogP contribution in [0, 0.1) is 5.92 Å². The summed E-state index contributed by atoms with van der Waals surface area (Å²) in [7, 11) is 0. The maximum atomic E-state index is 2.80. The number of hydrogen-bond acceptors (Lipinski definition) is 1. The molecule has 148 valence electrons. The second kappa shape index (κ2) is 19.6. The number of unbranched alkanes of at least 4 members (excludes halogenated alkanes) is 7. The first-order valence-corrected chi connectivity index (χ1v) is 10.9. The Morgan fingerprint density at radius 1 is 0.625 bits per heavy atom. The van der Waals surface area contributed by atoms with Gasteiger partial charge in [0.2, 0.25) is 0 Å². The summed E-state index contributed by atoms with van der Waals surface area (Å²) in [5.74, 6) is 0.921. The maximum absolute atomic E-state index is 2.80. The van der Waals surface area contributed by atoms with Crippen LogP contribution in [0.2, 0.25) is 0 Å². The standard InChI is InChI=1S/C22H47N.ClH/c1-6-9-11-15-19-23(20-16-12-10-7-2)22(5)18-14-13-17-21(4)8-3;/h21-22H,6-20H2,1-5H3;1H. The van der Waals surface area contributed by atoms with Crippen LogP contribution < -0.4 is 0 Å². The lowest BCUT2D eigenvalue weighted by atomic mass is 9.99. The Labute approximate surface area is 160 Å². The molecule has 0 N–H and O–H groups in total. The molecule has 1 nitrogen and oxygen atoms in total. The average molecular weight is 362 g/mol. The van der Waals surface area contributed by atoms with Crippen LogP contribution >= 0.6 is 12.4 Å². The predicted molar refractivity (Wildman–Crippen MR) is 114 cm³/mol. The van der Waals surface area contributed by atoms with E-state index in [4.69, 9.17) is 0 Å². The van der Waals surface area contributed by atoms with Gasteiger partial charge in [-0.15, -0.1) is 12.4 Å². The normalized spacial score (nSPS) is 13.8. The van der Waals surface area contributed by atoms with Crippen molar-refractivity contribution in [3.05, 3.63) is 0 Å². The molecule has 0 spiro atoms. The zero-order chi connectivity index (χ0) is 17.3. The summed E-state index contributed by atoms with van der Waals surface area (Å²) in [4.78, 5) is 2.80. The molecular formula is C22H48ClN. The Balaban J connectivity index is 0. The number of halogens is 1. The van der Waals surface area contributed by atoms with Crippen molar-refractivity contribution in [2.45, 2.75) is 124 Å². The monoisotopic (exact) mass is 361 g/mol. The van der Waals surface area contributed by atoms with Gasteiger partial charge in [0.05, 0.1) is 0 Å². The molecule has 0 aromatic carbocycles. The Kier molecular flexibility index (Phi) is 21.6. The Morgan fingerprint density at radius 3 is 1.58 bits per heavy atom. The highest BCUT2D eigenvalue weighted by atomic mass is 35.5. The second-order valence-electron chi connectivity index (χ2n) is 7.80. The van der Waals surface area contributed by atoms with Gasteiger partial charge in [-0.2, -0.15) is 0 Å². The summed E-state index contributed by atoms with van der Waals surface area (Å²) in [5.41, 5.74) is 0. The van der Waals surface area contributed by atoms with Gasteiger partial charge in [-0.3, -0.25) is 0 Å². The number of hydrogen-bond donors (Lipinski definition) is 0. The van der Waals surface area contributed by atoms with E-state index < -0.39 is 0 Å². The van der Waals surface area contributed by atoms with Crippen molar-refractivity contribution in [2.24, 2.45) is 5.92 Å². The molecule has 0 fully saturated rings. The Hall–Kier alpha value is 0.250. The minimum absolute atomic E-state index is 0. The molecule has 0 aromatic rings. The van der Waals surface area contributed by atoms with Gasteiger partial charge in [0.25, 0.3) is 0 Å². The van der Waals surface area contributed by atoms with E-state index in [2.05, 4.69) is 39.5 Å². The van der Waals surface area contributed by atoms with E-state index in [1.165, 1.54) is 96.6 Å². The fourth-order valence-corrected chi connectivity index (χ4v) is 3.36. The molecule has 0 aliphatic rings. The number of rotatable bonds is 17. The van der Waals surface area contributed by atoms with Crippen LogP contribution in [0.5, 0.6) is 0 Å². The first-order chi connectivity index (χ1) is 11.2. The topological polar surface area (TPSA) is 3.24 Å². The van der Waals surface area contributed by atoms with Gasteiger partial charge < -0.3 is 4.90 Å². The zero-order valence-corrected chi connectivity index (χ0v) is 18.4. The molecule has 0 bridgehead atoms. The van der Waals surface area contributed by atoms with Gasteiger partial charge in [0, 0.05) is 6.04 Å². The van der Waals surface area contributed by atoms with Gasteiger partial charge in [-0.1, -0.05) is 91.9 Å². The summed E-state index contributed by atoms with van der Waals surface area (Å²) in [6.45, 7) is 14.5. The molecule has 0 radical (unpaired) electrons. The molecule has 0 amide bonds. The van der Waals surface area contributed by atoms with Crippen molar-refractivity contribution in [2.75, 3.05) is 13.1 Å². The van der Waals surface area contributed by atoms with Crippen LogP contribution in [0.15, 0.2) is 0 Å². The van der Waals surface area contributed by atoms with Gasteiger partial charge in [0.1, 0.15) is 0 Å². The van der Waals surface area contributed by atoms with Crippen LogP contribution in [-0.2, 0) is 0 Å². The largest absolute Gasteiger partial charge is 0.301 e. The third-order valence-electron chi connectivity index (χ3n) is 5.49. The smallest absolute Gasteiger partial charge is 0.00669 e. The van der Waals surface area contributed by atoms with Crippen LogP contribution in [0.4, 0.5) is 0 Å². The maximum Gasteiger partial charge on any atom is 0.00669 e. The van der Waals surface area contributed by atoms with Crippen molar-refractivity contribution in [3.8, 4) is 0 Å². The predicted octanol–water partition coefficient (Wildman–Crippen LogP) is 7.87. The zero-order valence-electron chi connectivity index (χ0n) is 17.6. The fraction of sp³-hybridized carbons (Fsp3) is 1.00. The molecule has 2 atom stereocenters. The van der Waals surface area contributed by atoms with Crippen LogP contribution in [0.3, 0.4) is 0 Å². The molecule has 0 saturated carbocycles. The van der Waals surface area contributed by atoms with Gasteiger partial charge in [0.15, 0.2) is 0 Å². The summed E-state index contributed by atoms with van der Waals surface area (Å²) >= 11 is 0. The summed E-state index contributed by atoms with van der Waals surface area (Å²) in [6, 6.07) is 0.787. The number of nitrogens with zero attached hydrogens (tertiary/aromatic N) is 1. The fourth-order valence-electron chi connectivity index (χ4n) is 3.36. The molecule has 2 unspecified atom stereocenters. The van der Waals surface area contributed by atoms with Crippen LogP contribution in [0.25, 0.3) is 0 Å². The summed E-state index contributed by atoms with van der Waals surface area (Å²) in [6.07, 6.45) is 18.2. The lowest BCUT2D eigenvalue weighted by Crippen LogP contribution is -2.35. The minimum atomic E-state index is 0. The van der Waals surface area contributed by atoms with Crippen molar-refractivity contribution < 1.29 is 0 Å². The second-order valence-corrected chi connectivity index (χ2v) is 7.80. The minimum Gasteiger partial charge on any atom is -0.301 e. The highest BCUT2D eigenvalue weighted by Crippen LogP contribution is 2.16. The Morgan fingerprint density at radius 2 is 1.12 bits per heavy atom. The lowest BCUT2D eigenvalue weighted by Gasteiger charge is -2.29. The van der Waals surface area contributed by atoms with Crippen molar-refractivity contribution in [1.82, 2.24) is 4.90 Å². The molecule has 0 heterocycles. The van der Waals surface area contributed by atoms with Gasteiger partial charge in [-0.05, 0) is 45.2 Å². The van der Waals surface area contributed by atoms with E-state index in [-0.39, 0.29) is 12.4 Å². The molecule has 0 rings (SSSR count). The first kappa shape index (κ1) is 26.5. The third kappa shape index (κ3) is 15.8. The molecule has 2 heteroatoms. The Bertz CT molecular complexity index is 220. The quantitative estimate of drug-likeness (QED) is 0.238.